The lowest BCUT2D eigenvalue weighted by molar-refractivity contribution is 0.708. The fourth-order valence-electron chi connectivity index (χ4n) is 2.16. The van der Waals surface area contributed by atoms with Crippen molar-refractivity contribution in [2.45, 2.75) is 38.5 Å². The molecule has 0 fully saturated rings. The Bertz CT molecular complexity index is 338. The topological polar surface area (TPSA) is 63.8 Å². The predicted molar refractivity (Wildman–Crippen MR) is 65.5 cm³/mol. The molecule has 3 N–H and O–H groups in total. The van der Waals surface area contributed by atoms with Crippen LogP contribution in [0.2, 0.25) is 0 Å². The van der Waals surface area contributed by atoms with E-state index in [4.69, 9.17) is 5.73 Å². The molecule has 88 valence electrons. The summed E-state index contributed by atoms with van der Waals surface area (Å²) in [6.07, 6.45) is 8.69. The second-order valence-electron chi connectivity index (χ2n) is 4.28. The van der Waals surface area contributed by atoms with Crippen molar-refractivity contribution in [1.82, 2.24) is 9.97 Å². The second kappa shape index (κ2) is 5.80. The van der Waals surface area contributed by atoms with Gasteiger partial charge in [-0.2, -0.15) is 0 Å². The number of fused-ring (bicyclic) bond motifs is 1. The van der Waals surface area contributed by atoms with Gasteiger partial charge in [0.15, 0.2) is 0 Å². The maximum absolute atomic E-state index is 5.48. The summed E-state index contributed by atoms with van der Waals surface area (Å²) in [6, 6.07) is 0. The Labute approximate surface area is 96.7 Å². The largest absolute Gasteiger partial charge is 0.370 e. The Balaban J connectivity index is 2.11. The van der Waals surface area contributed by atoms with E-state index in [9.17, 15) is 0 Å². The minimum atomic E-state index is 0.722. The molecule has 1 aromatic heterocycles. The zero-order valence-electron chi connectivity index (χ0n) is 9.71. The van der Waals surface area contributed by atoms with Gasteiger partial charge in [0, 0.05) is 17.8 Å². The molecule has 1 aliphatic carbocycles. The van der Waals surface area contributed by atoms with Gasteiger partial charge < -0.3 is 11.1 Å². The van der Waals surface area contributed by atoms with Gasteiger partial charge in [-0.1, -0.05) is 6.42 Å². The minimum absolute atomic E-state index is 0.722. The third-order valence-corrected chi connectivity index (χ3v) is 3.05. The van der Waals surface area contributed by atoms with Gasteiger partial charge in [-0.3, -0.25) is 0 Å². The fourth-order valence-corrected chi connectivity index (χ4v) is 2.16. The lowest BCUT2D eigenvalue weighted by Crippen LogP contribution is -2.12. The molecule has 4 heteroatoms. The van der Waals surface area contributed by atoms with Crippen LogP contribution in [0.5, 0.6) is 0 Å². The average molecular weight is 220 g/mol. The molecule has 0 radical (unpaired) electrons. The number of aromatic nitrogens is 2. The summed E-state index contributed by atoms with van der Waals surface area (Å²) < 4.78 is 0. The smallest absolute Gasteiger partial charge is 0.132 e. The van der Waals surface area contributed by atoms with E-state index in [0.29, 0.717) is 0 Å². The SMILES string of the molecule is NCCCNc1ncnc2c1CCCCC2. The predicted octanol–water partition coefficient (Wildman–Crippen LogP) is 1.51. The number of nitrogens with one attached hydrogen (secondary N) is 1. The van der Waals surface area contributed by atoms with E-state index < -0.39 is 0 Å². The molecule has 0 spiro atoms. The van der Waals surface area contributed by atoms with Gasteiger partial charge in [0.2, 0.25) is 0 Å². The molecule has 1 aromatic rings. The van der Waals surface area contributed by atoms with Gasteiger partial charge >= 0.3 is 0 Å². The van der Waals surface area contributed by atoms with Crippen LogP contribution in [0.4, 0.5) is 5.82 Å². The van der Waals surface area contributed by atoms with Crippen LogP contribution in [0.1, 0.15) is 36.9 Å². The van der Waals surface area contributed by atoms with Crippen LogP contribution in [0.15, 0.2) is 6.33 Å². The van der Waals surface area contributed by atoms with Crippen molar-refractivity contribution in [1.29, 1.82) is 0 Å². The first kappa shape index (κ1) is 11.3. The zero-order valence-corrected chi connectivity index (χ0v) is 9.71. The molecule has 16 heavy (non-hydrogen) atoms. The Kier molecular flexibility index (Phi) is 4.10. The number of hydrogen-bond acceptors (Lipinski definition) is 4. The van der Waals surface area contributed by atoms with E-state index in [-0.39, 0.29) is 0 Å². The van der Waals surface area contributed by atoms with Gasteiger partial charge in [0.1, 0.15) is 12.1 Å². The van der Waals surface area contributed by atoms with Crippen molar-refractivity contribution in [2.24, 2.45) is 5.73 Å². The molecular formula is C12H20N4. The van der Waals surface area contributed by atoms with Crippen LogP contribution >= 0.6 is 0 Å². The molecular weight excluding hydrogens is 200 g/mol. The van der Waals surface area contributed by atoms with E-state index in [1.807, 2.05) is 0 Å². The van der Waals surface area contributed by atoms with Gasteiger partial charge in [0.05, 0.1) is 0 Å². The Hall–Kier alpha value is -1.16. The summed E-state index contributed by atoms with van der Waals surface area (Å²) in [5, 5.41) is 3.37. The first-order valence-electron chi connectivity index (χ1n) is 6.18. The number of rotatable bonds is 4. The maximum atomic E-state index is 5.48. The first-order valence-corrected chi connectivity index (χ1v) is 6.18. The normalized spacial score (nSPS) is 15.3. The van der Waals surface area contributed by atoms with Crippen molar-refractivity contribution in [2.75, 3.05) is 18.4 Å². The number of nitrogens with two attached hydrogens (primary N) is 1. The van der Waals surface area contributed by atoms with Crippen LogP contribution in [-0.4, -0.2) is 23.1 Å². The summed E-state index contributed by atoms with van der Waals surface area (Å²) in [7, 11) is 0. The second-order valence-corrected chi connectivity index (χ2v) is 4.28. The monoisotopic (exact) mass is 220 g/mol. The molecule has 0 atom stereocenters. The number of anilines is 1. The standard InChI is InChI=1S/C12H20N4/c13-7-4-8-14-12-10-5-2-1-3-6-11(10)15-9-16-12/h9H,1-8,13H2,(H,14,15,16). The number of nitrogens with zero attached hydrogens (tertiary/aromatic N) is 2. The highest BCUT2D eigenvalue weighted by atomic mass is 15.0. The van der Waals surface area contributed by atoms with Gasteiger partial charge in [0.25, 0.3) is 0 Å². The number of aryl methyl sites for hydroxylation is 1. The highest BCUT2D eigenvalue weighted by Crippen LogP contribution is 2.23. The zero-order chi connectivity index (χ0) is 11.2. The molecule has 0 aromatic carbocycles. The molecule has 0 unspecified atom stereocenters. The fraction of sp³-hybridized carbons (Fsp3) is 0.667. The van der Waals surface area contributed by atoms with E-state index in [1.165, 1.54) is 30.5 Å². The molecule has 0 bridgehead atoms. The molecule has 0 saturated heterocycles. The Morgan fingerprint density at radius 3 is 2.94 bits per heavy atom. The van der Waals surface area contributed by atoms with Crippen LogP contribution in [0, 0.1) is 0 Å². The third-order valence-electron chi connectivity index (χ3n) is 3.05. The molecule has 0 aliphatic heterocycles. The van der Waals surface area contributed by atoms with Crippen molar-refractivity contribution < 1.29 is 0 Å². The highest BCUT2D eigenvalue weighted by molar-refractivity contribution is 5.46. The van der Waals surface area contributed by atoms with E-state index in [2.05, 4.69) is 15.3 Å². The first-order chi connectivity index (χ1) is 7.92. The van der Waals surface area contributed by atoms with E-state index in [0.717, 1.165) is 38.2 Å². The molecule has 0 amide bonds. The van der Waals surface area contributed by atoms with Crippen LogP contribution in [0.3, 0.4) is 0 Å². The molecule has 0 saturated carbocycles. The van der Waals surface area contributed by atoms with E-state index >= 15 is 0 Å². The summed E-state index contributed by atoms with van der Waals surface area (Å²) in [5.74, 6) is 1.03. The molecule has 1 heterocycles. The molecule has 1 aliphatic rings. The highest BCUT2D eigenvalue weighted by Gasteiger charge is 2.13. The lowest BCUT2D eigenvalue weighted by atomic mass is 10.1. The van der Waals surface area contributed by atoms with Crippen LogP contribution in [0.25, 0.3) is 0 Å². The minimum Gasteiger partial charge on any atom is -0.370 e. The maximum Gasteiger partial charge on any atom is 0.132 e. The third kappa shape index (κ3) is 2.70. The van der Waals surface area contributed by atoms with Gasteiger partial charge in [-0.05, 0) is 38.6 Å². The summed E-state index contributed by atoms with van der Waals surface area (Å²) in [6.45, 7) is 1.63. The van der Waals surface area contributed by atoms with Gasteiger partial charge in [-0.25, -0.2) is 9.97 Å². The van der Waals surface area contributed by atoms with Crippen LogP contribution in [-0.2, 0) is 12.8 Å². The lowest BCUT2D eigenvalue weighted by Gasteiger charge is -2.11. The quantitative estimate of drug-likeness (QED) is 0.596. The Morgan fingerprint density at radius 1 is 1.19 bits per heavy atom. The average Bonchev–Trinajstić information content (AvgIpc) is 2.55. The number of hydrogen-bond donors (Lipinski definition) is 2. The van der Waals surface area contributed by atoms with Gasteiger partial charge in [-0.15, -0.1) is 0 Å². The Morgan fingerprint density at radius 2 is 2.06 bits per heavy atom. The molecule has 4 nitrogen and oxygen atoms in total. The summed E-state index contributed by atoms with van der Waals surface area (Å²) >= 11 is 0. The summed E-state index contributed by atoms with van der Waals surface area (Å²) in [4.78, 5) is 8.73. The van der Waals surface area contributed by atoms with Crippen LogP contribution < -0.4 is 11.1 Å². The van der Waals surface area contributed by atoms with Crippen molar-refractivity contribution in [3.8, 4) is 0 Å². The summed E-state index contributed by atoms with van der Waals surface area (Å²) in [5.41, 5.74) is 8.05. The van der Waals surface area contributed by atoms with Crippen molar-refractivity contribution >= 4 is 5.82 Å². The molecule has 2 rings (SSSR count). The van der Waals surface area contributed by atoms with E-state index in [1.54, 1.807) is 6.33 Å². The van der Waals surface area contributed by atoms with Crippen molar-refractivity contribution in [3.63, 3.8) is 0 Å². The van der Waals surface area contributed by atoms with Crippen molar-refractivity contribution in [3.05, 3.63) is 17.6 Å².